The summed E-state index contributed by atoms with van der Waals surface area (Å²) in [5.41, 5.74) is 0.985. The first-order valence-corrected chi connectivity index (χ1v) is 8.69. The highest BCUT2D eigenvalue weighted by atomic mass is 35.5. The molecule has 0 aliphatic heterocycles. The first-order chi connectivity index (χ1) is 10.3. The van der Waals surface area contributed by atoms with Gasteiger partial charge in [-0.05, 0) is 36.8 Å². The first-order valence-electron chi connectivity index (χ1n) is 6.08. The van der Waals surface area contributed by atoms with Gasteiger partial charge in [-0.3, -0.25) is 4.72 Å². The normalized spacial score (nSPS) is 11.3. The van der Waals surface area contributed by atoms with Crippen molar-refractivity contribution in [1.29, 1.82) is 0 Å². The van der Waals surface area contributed by atoms with Crippen LogP contribution in [0.3, 0.4) is 0 Å². The lowest BCUT2D eigenvalue weighted by Crippen LogP contribution is -2.14. The molecule has 0 radical (unpaired) electrons. The van der Waals surface area contributed by atoms with Crippen molar-refractivity contribution in [3.05, 3.63) is 51.0 Å². The molecule has 118 valence electrons. The van der Waals surface area contributed by atoms with Gasteiger partial charge in [0, 0.05) is 5.02 Å². The fourth-order valence-electron chi connectivity index (χ4n) is 1.80. The number of nitrogens with one attached hydrogen (secondary N) is 1. The zero-order valence-corrected chi connectivity index (χ0v) is 14.7. The molecule has 0 amide bonds. The second kappa shape index (κ2) is 6.54. The smallest absolute Gasteiger partial charge is 0.263 e. The minimum atomic E-state index is -3.91. The van der Waals surface area contributed by atoms with Gasteiger partial charge in [0.05, 0.1) is 17.8 Å². The number of ether oxygens (including phenoxy) is 1. The van der Waals surface area contributed by atoms with Crippen molar-refractivity contribution in [2.75, 3.05) is 11.8 Å². The maximum atomic E-state index is 12.5. The summed E-state index contributed by atoms with van der Waals surface area (Å²) in [6.45, 7) is 1.71. The molecule has 0 fully saturated rings. The Labute approximate surface area is 144 Å². The Bertz CT molecular complexity index is 822. The maximum Gasteiger partial charge on any atom is 0.263 e. The molecule has 0 bridgehead atoms. The monoisotopic (exact) mass is 379 g/mol. The molecule has 0 spiro atoms. The number of halogens is 3. The molecule has 0 atom stereocenters. The summed E-state index contributed by atoms with van der Waals surface area (Å²) < 4.78 is 32.4. The summed E-state index contributed by atoms with van der Waals surface area (Å²) >= 11 is 18.0. The van der Waals surface area contributed by atoms with Crippen molar-refractivity contribution in [3.63, 3.8) is 0 Å². The fourth-order valence-corrected chi connectivity index (χ4v) is 3.94. The van der Waals surface area contributed by atoms with Crippen molar-refractivity contribution in [1.82, 2.24) is 0 Å². The van der Waals surface area contributed by atoms with Gasteiger partial charge in [0.2, 0.25) is 0 Å². The molecule has 0 aliphatic carbocycles. The summed E-state index contributed by atoms with van der Waals surface area (Å²) in [7, 11) is -2.50. The van der Waals surface area contributed by atoms with Crippen LogP contribution in [0, 0.1) is 6.92 Å². The van der Waals surface area contributed by atoms with E-state index in [0.717, 1.165) is 0 Å². The molecule has 4 nitrogen and oxygen atoms in total. The van der Waals surface area contributed by atoms with Crippen LogP contribution in [-0.4, -0.2) is 15.5 Å². The van der Waals surface area contributed by atoms with Crippen molar-refractivity contribution < 1.29 is 13.2 Å². The molecular weight excluding hydrogens is 369 g/mol. The van der Waals surface area contributed by atoms with Gasteiger partial charge in [-0.15, -0.1) is 0 Å². The summed E-state index contributed by atoms with van der Waals surface area (Å²) in [6.07, 6.45) is 0. The zero-order valence-electron chi connectivity index (χ0n) is 11.7. The van der Waals surface area contributed by atoms with Crippen LogP contribution in [0.4, 0.5) is 5.69 Å². The van der Waals surface area contributed by atoms with E-state index < -0.39 is 10.0 Å². The zero-order chi connectivity index (χ0) is 16.5. The van der Waals surface area contributed by atoms with Crippen LogP contribution in [0.5, 0.6) is 5.75 Å². The van der Waals surface area contributed by atoms with E-state index in [0.29, 0.717) is 22.0 Å². The SMILES string of the molecule is COc1ccc(S(=O)(=O)Nc2cccc(Cl)c2C)c(Cl)c1Cl. The molecule has 2 aromatic rings. The molecule has 2 aromatic carbocycles. The highest BCUT2D eigenvalue weighted by Crippen LogP contribution is 2.37. The molecule has 0 saturated heterocycles. The van der Waals surface area contributed by atoms with Crippen molar-refractivity contribution in [2.24, 2.45) is 0 Å². The minimum Gasteiger partial charge on any atom is -0.495 e. The summed E-state index contributed by atoms with van der Waals surface area (Å²) in [5, 5.41) is 0.391. The van der Waals surface area contributed by atoms with Crippen LogP contribution < -0.4 is 9.46 Å². The lowest BCUT2D eigenvalue weighted by atomic mass is 10.2. The number of anilines is 1. The van der Waals surface area contributed by atoms with E-state index in [9.17, 15) is 8.42 Å². The van der Waals surface area contributed by atoms with Crippen LogP contribution in [0.15, 0.2) is 35.2 Å². The topological polar surface area (TPSA) is 55.4 Å². The lowest BCUT2D eigenvalue weighted by Gasteiger charge is -2.14. The van der Waals surface area contributed by atoms with Gasteiger partial charge in [0.15, 0.2) is 0 Å². The number of rotatable bonds is 4. The third-order valence-corrected chi connectivity index (χ3v) is 5.83. The van der Waals surface area contributed by atoms with Crippen LogP contribution in [-0.2, 0) is 10.0 Å². The van der Waals surface area contributed by atoms with Gasteiger partial charge in [0.25, 0.3) is 10.0 Å². The molecule has 8 heteroatoms. The van der Waals surface area contributed by atoms with Gasteiger partial charge in [-0.1, -0.05) is 40.9 Å². The Morgan fingerprint density at radius 3 is 2.36 bits per heavy atom. The molecule has 0 saturated carbocycles. The van der Waals surface area contributed by atoms with Gasteiger partial charge in [0.1, 0.15) is 15.7 Å². The van der Waals surface area contributed by atoms with E-state index in [1.165, 1.54) is 19.2 Å². The van der Waals surface area contributed by atoms with E-state index in [1.54, 1.807) is 25.1 Å². The van der Waals surface area contributed by atoms with Crippen LogP contribution >= 0.6 is 34.8 Å². The number of benzene rings is 2. The van der Waals surface area contributed by atoms with Crippen molar-refractivity contribution in [3.8, 4) is 5.75 Å². The number of methoxy groups -OCH3 is 1. The van der Waals surface area contributed by atoms with Crippen LogP contribution in [0.1, 0.15) is 5.56 Å². The van der Waals surface area contributed by atoms with E-state index in [1.807, 2.05) is 0 Å². The van der Waals surface area contributed by atoms with E-state index in [4.69, 9.17) is 39.5 Å². The Hall–Kier alpha value is -1.14. The highest BCUT2D eigenvalue weighted by molar-refractivity contribution is 7.92. The summed E-state index contributed by atoms with van der Waals surface area (Å²) in [6, 6.07) is 7.70. The molecule has 0 heterocycles. The summed E-state index contributed by atoms with van der Waals surface area (Å²) in [4.78, 5) is -0.139. The van der Waals surface area contributed by atoms with E-state index in [-0.39, 0.29) is 14.9 Å². The largest absolute Gasteiger partial charge is 0.495 e. The van der Waals surface area contributed by atoms with Gasteiger partial charge in [-0.25, -0.2) is 8.42 Å². The average Bonchev–Trinajstić information content (AvgIpc) is 2.46. The van der Waals surface area contributed by atoms with Crippen LogP contribution in [0.2, 0.25) is 15.1 Å². The molecule has 1 N–H and O–H groups in total. The second-order valence-electron chi connectivity index (χ2n) is 4.41. The lowest BCUT2D eigenvalue weighted by molar-refractivity contribution is 0.414. The third kappa shape index (κ3) is 3.27. The summed E-state index contributed by atoms with van der Waals surface area (Å²) in [5.74, 6) is 0.296. The minimum absolute atomic E-state index is 0.0369. The number of hydrogen-bond donors (Lipinski definition) is 1. The quantitative estimate of drug-likeness (QED) is 0.831. The Morgan fingerprint density at radius 1 is 1.05 bits per heavy atom. The third-order valence-electron chi connectivity index (χ3n) is 3.03. The highest BCUT2D eigenvalue weighted by Gasteiger charge is 2.22. The Kier molecular flexibility index (Phi) is 5.12. The van der Waals surface area contributed by atoms with Gasteiger partial charge >= 0.3 is 0 Å². The Morgan fingerprint density at radius 2 is 1.73 bits per heavy atom. The molecule has 2 rings (SSSR count). The Balaban J connectivity index is 2.48. The maximum absolute atomic E-state index is 12.5. The van der Waals surface area contributed by atoms with E-state index in [2.05, 4.69) is 4.72 Å². The van der Waals surface area contributed by atoms with Crippen molar-refractivity contribution >= 4 is 50.5 Å². The van der Waals surface area contributed by atoms with E-state index >= 15 is 0 Å². The fraction of sp³-hybridized carbons (Fsp3) is 0.143. The molecular formula is C14H12Cl3NO3S. The predicted molar refractivity (Wildman–Crippen MR) is 90.0 cm³/mol. The standard InChI is InChI=1S/C14H12Cl3NO3S/c1-8-9(15)4-3-5-10(8)18-22(19,20)12-7-6-11(21-2)13(16)14(12)17/h3-7,18H,1-2H3. The van der Waals surface area contributed by atoms with Crippen molar-refractivity contribution in [2.45, 2.75) is 11.8 Å². The molecule has 0 aromatic heterocycles. The second-order valence-corrected chi connectivity index (χ2v) is 7.23. The predicted octanol–water partition coefficient (Wildman–Crippen LogP) is 4.76. The number of hydrogen-bond acceptors (Lipinski definition) is 3. The molecule has 0 aliphatic rings. The molecule has 0 unspecified atom stereocenters. The average molecular weight is 381 g/mol. The van der Waals surface area contributed by atoms with Crippen LogP contribution in [0.25, 0.3) is 0 Å². The van der Waals surface area contributed by atoms with Gasteiger partial charge < -0.3 is 4.74 Å². The van der Waals surface area contributed by atoms with Gasteiger partial charge in [-0.2, -0.15) is 0 Å². The first kappa shape index (κ1) is 17.2. The molecule has 22 heavy (non-hydrogen) atoms. The number of sulfonamides is 1.